The van der Waals surface area contributed by atoms with Crippen LogP contribution in [0.1, 0.15) is 65.2 Å². The number of carbonyl (C=O) groups is 2. The summed E-state index contributed by atoms with van der Waals surface area (Å²) in [6.07, 6.45) is 12.6. The van der Waals surface area contributed by atoms with Gasteiger partial charge >= 0.3 is 0 Å². The zero-order valence-corrected chi connectivity index (χ0v) is 19.0. The fourth-order valence-electron chi connectivity index (χ4n) is 7.26. The minimum Gasteiger partial charge on any atom is -0.393 e. The quantitative estimate of drug-likeness (QED) is 0.549. The Morgan fingerprint density at radius 3 is 2.60 bits per heavy atom. The van der Waals surface area contributed by atoms with Crippen molar-refractivity contribution in [1.82, 2.24) is 10.2 Å². The summed E-state index contributed by atoms with van der Waals surface area (Å²) in [7, 11) is 3.40. The van der Waals surface area contributed by atoms with Crippen LogP contribution < -0.4 is 5.32 Å². The summed E-state index contributed by atoms with van der Waals surface area (Å²) in [5.41, 5.74) is 3.13. The molecule has 0 bridgehead atoms. The summed E-state index contributed by atoms with van der Waals surface area (Å²) in [5.74, 6) is 1.78. The molecule has 0 spiro atoms. The Labute approximate surface area is 181 Å². The van der Waals surface area contributed by atoms with Gasteiger partial charge in [0.05, 0.1) is 12.6 Å². The third-order valence-corrected chi connectivity index (χ3v) is 9.14. The van der Waals surface area contributed by atoms with Crippen molar-refractivity contribution in [3.05, 3.63) is 23.3 Å². The molecular weight excluding hydrogens is 376 g/mol. The number of rotatable bonds is 3. The Balaban J connectivity index is 1.50. The van der Waals surface area contributed by atoms with Gasteiger partial charge in [-0.2, -0.15) is 0 Å². The first-order valence-electron chi connectivity index (χ1n) is 11.7. The van der Waals surface area contributed by atoms with Gasteiger partial charge in [-0.25, -0.2) is 0 Å². The van der Waals surface area contributed by atoms with Gasteiger partial charge in [-0.05, 0) is 80.0 Å². The summed E-state index contributed by atoms with van der Waals surface area (Å²) >= 11 is 0. The fraction of sp³-hybridized carbons (Fsp3) is 0.760. The molecule has 5 nitrogen and oxygen atoms in total. The maximum absolute atomic E-state index is 12.5. The van der Waals surface area contributed by atoms with Gasteiger partial charge in [0.1, 0.15) is 0 Å². The number of aliphatic hydroxyl groups is 1. The van der Waals surface area contributed by atoms with Gasteiger partial charge < -0.3 is 15.3 Å². The van der Waals surface area contributed by atoms with E-state index >= 15 is 0 Å². The van der Waals surface area contributed by atoms with E-state index in [1.165, 1.54) is 22.5 Å². The lowest BCUT2D eigenvalue weighted by molar-refractivity contribution is -0.129. The summed E-state index contributed by atoms with van der Waals surface area (Å²) in [4.78, 5) is 25.8. The molecule has 4 aliphatic carbocycles. The first kappa shape index (κ1) is 21.6. The molecule has 30 heavy (non-hydrogen) atoms. The van der Waals surface area contributed by atoms with E-state index in [0.29, 0.717) is 17.8 Å². The minimum atomic E-state index is -0.159. The lowest BCUT2D eigenvalue weighted by atomic mass is 9.48. The minimum absolute atomic E-state index is 0.0538. The first-order valence-corrected chi connectivity index (χ1v) is 11.7. The number of hydrogen-bond donors (Lipinski definition) is 2. The van der Waals surface area contributed by atoms with Crippen LogP contribution >= 0.6 is 0 Å². The van der Waals surface area contributed by atoms with Crippen molar-refractivity contribution in [3.63, 3.8) is 0 Å². The van der Waals surface area contributed by atoms with E-state index in [0.717, 1.165) is 44.9 Å². The number of carbonyl (C=O) groups excluding carboxylic acids is 2. The van der Waals surface area contributed by atoms with Crippen LogP contribution in [-0.4, -0.2) is 48.6 Å². The largest absolute Gasteiger partial charge is 0.393 e. The van der Waals surface area contributed by atoms with E-state index in [2.05, 4.69) is 25.2 Å². The molecule has 2 amide bonds. The maximum Gasteiger partial charge on any atom is 0.244 e. The number of allylic oxidation sites excluding steroid dienone is 2. The normalized spacial score (nSPS) is 41.4. The van der Waals surface area contributed by atoms with Crippen LogP contribution in [0.5, 0.6) is 0 Å². The number of nitrogens with one attached hydrogen (secondary N) is 1. The lowest BCUT2D eigenvalue weighted by Crippen LogP contribution is -2.49. The third-order valence-electron chi connectivity index (χ3n) is 9.14. The van der Waals surface area contributed by atoms with Crippen molar-refractivity contribution < 1.29 is 14.7 Å². The van der Waals surface area contributed by atoms with Crippen LogP contribution in [0.2, 0.25) is 0 Å². The van der Waals surface area contributed by atoms with Crippen molar-refractivity contribution in [1.29, 1.82) is 0 Å². The second kappa shape index (κ2) is 7.81. The summed E-state index contributed by atoms with van der Waals surface area (Å²) in [6, 6.07) is 0. The first-order chi connectivity index (χ1) is 14.1. The van der Waals surface area contributed by atoms with Gasteiger partial charge in [0.2, 0.25) is 11.8 Å². The molecule has 166 valence electrons. The predicted octanol–water partition coefficient (Wildman–Crippen LogP) is 3.44. The monoisotopic (exact) mass is 414 g/mol. The van der Waals surface area contributed by atoms with Gasteiger partial charge in [0.25, 0.3) is 0 Å². The molecular formula is C25H38N2O3. The van der Waals surface area contributed by atoms with Gasteiger partial charge in [-0.3, -0.25) is 9.59 Å². The topological polar surface area (TPSA) is 69.6 Å². The number of hydrogen-bond acceptors (Lipinski definition) is 3. The highest BCUT2D eigenvalue weighted by atomic mass is 16.3. The van der Waals surface area contributed by atoms with E-state index in [9.17, 15) is 14.7 Å². The lowest BCUT2D eigenvalue weighted by Gasteiger charge is -2.57. The van der Waals surface area contributed by atoms with Gasteiger partial charge in [0.15, 0.2) is 0 Å². The molecule has 6 atom stereocenters. The molecule has 0 aromatic heterocycles. The number of fused-ring (bicyclic) bond motifs is 5. The van der Waals surface area contributed by atoms with Gasteiger partial charge in [-0.15, -0.1) is 0 Å². The molecule has 3 saturated carbocycles. The van der Waals surface area contributed by atoms with Gasteiger partial charge in [-0.1, -0.05) is 31.1 Å². The molecule has 2 N–H and O–H groups in total. The second-order valence-electron chi connectivity index (χ2n) is 10.8. The Morgan fingerprint density at radius 2 is 1.87 bits per heavy atom. The van der Waals surface area contributed by atoms with Crippen molar-refractivity contribution in [2.45, 2.75) is 71.3 Å². The molecule has 0 heterocycles. The van der Waals surface area contributed by atoms with Crippen molar-refractivity contribution >= 4 is 11.8 Å². The molecule has 5 heteroatoms. The SMILES string of the molecule is CN(C)C(=O)CNC(=O)/C=C1\CC[C@H]2[C@@H]3CC=C4C[C@@H](O)CC[C@]4(C)[C@H]3CC[C@]12C. The Bertz CT molecular complexity index is 785. The molecule has 0 saturated heterocycles. The Morgan fingerprint density at radius 1 is 1.17 bits per heavy atom. The van der Waals surface area contributed by atoms with Crippen LogP contribution in [0, 0.1) is 28.6 Å². The summed E-state index contributed by atoms with van der Waals surface area (Å²) < 4.78 is 0. The van der Waals surface area contributed by atoms with Crippen LogP contribution in [0.25, 0.3) is 0 Å². The maximum atomic E-state index is 12.5. The molecule has 0 radical (unpaired) electrons. The summed E-state index contributed by atoms with van der Waals surface area (Å²) in [5, 5.41) is 12.9. The zero-order chi connectivity index (χ0) is 21.7. The summed E-state index contributed by atoms with van der Waals surface area (Å²) in [6.45, 7) is 4.88. The standard InChI is InChI=1S/C25H38N2O3/c1-24-11-9-18(28)13-16(24)5-7-19-20-8-6-17(25(20,2)12-10-21(19)24)14-22(29)26-15-23(30)27(3)4/h5,14,18-21,28H,6-13,15H2,1-4H3,(H,26,29)/b17-14+/t18-,19-,20-,21-,24-,25+/m0/s1. The van der Waals surface area contributed by atoms with Crippen molar-refractivity contribution in [2.24, 2.45) is 28.6 Å². The van der Waals surface area contributed by atoms with Crippen LogP contribution in [-0.2, 0) is 9.59 Å². The van der Waals surface area contributed by atoms with Crippen LogP contribution in [0.3, 0.4) is 0 Å². The number of likely N-dealkylation sites (N-methyl/N-ethyl adjacent to an activating group) is 1. The van der Waals surface area contributed by atoms with E-state index in [1.807, 2.05) is 0 Å². The molecule has 0 aromatic rings. The smallest absolute Gasteiger partial charge is 0.244 e. The molecule has 4 aliphatic rings. The Kier molecular flexibility index (Phi) is 5.63. The molecule has 0 unspecified atom stereocenters. The number of aliphatic hydroxyl groups excluding tert-OH is 1. The average molecular weight is 415 g/mol. The zero-order valence-electron chi connectivity index (χ0n) is 19.0. The number of nitrogens with zero attached hydrogens (tertiary/aromatic N) is 1. The van der Waals surface area contributed by atoms with Crippen LogP contribution in [0.4, 0.5) is 0 Å². The van der Waals surface area contributed by atoms with Crippen LogP contribution in [0.15, 0.2) is 23.3 Å². The molecule has 3 fully saturated rings. The highest BCUT2D eigenvalue weighted by Crippen LogP contribution is 2.66. The molecule has 0 aromatic carbocycles. The predicted molar refractivity (Wildman–Crippen MR) is 117 cm³/mol. The van der Waals surface area contributed by atoms with E-state index in [1.54, 1.807) is 20.2 Å². The molecule has 4 rings (SSSR count). The van der Waals surface area contributed by atoms with E-state index < -0.39 is 0 Å². The second-order valence-corrected chi connectivity index (χ2v) is 10.8. The number of amides is 2. The van der Waals surface area contributed by atoms with E-state index in [4.69, 9.17) is 0 Å². The van der Waals surface area contributed by atoms with Crippen molar-refractivity contribution in [3.8, 4) is 0 Å². The average Bonchev–Trinajstić information content (AvgIpc) is 3.03. The highest BCUT2D eigenvalue weighted by molar-refractivity contribution is 5.91. The third kappa shape index (κ3) is 3.53. The van der Waals surface area contributed by atoms with Crippen molar-refractivity contribution in [2.75, 3.05) is 20.6 Å². The fourth-order valence-corrected chi connectivity index (χ4v) is 7.26. The van der Waals surface area contributed by atoms with E-state index in [-0.39, 0.29) is 35.3 Å². The van der Waals surface area contributed by atoms with Gasteiger partial charge in [0, 0.05) is 20.2 Å². The Hall–Kier alpha value is -1.62. The molecule has 0 aliphatic heterocycles. The highest BCUT2D eigenvalue weighted by Gasteiger charge is 2.57.